The van der Waals surface area contributed by atoms with Crippen LogP contribution < -0.4 is 10.9 Å². The number of carbonyl (C=O) groups excluding carboxylic acids is 1. The average molecular weight is 317 g/mol. The highest BCUT2D eigenvalue weighted by molar-refractivity contribution is 5.79. The van der Waals surface area contributed by atoms with Gasteiger partial charge in [-0.1, -0.05) is 26.0 Å². The summed E-state index contributed by atoms with van der Waals surface area (Å²) in [5.41, 5.74) is 0.695. The fourth-order valence-electron chi connectivity index (χ4n) is 2.54. The summed E-state index contributed by atoms with van der Waals surface area (Å²) in [5, 5.41) is 12.4. The van der Waals surface area contributed by atoms with Crippen LogP contribution in [0.25, 0.3) is 11.0 Å². The minimum absolute atomic E-state index is 0.0262. The molecule has 1 aromatic carbocycles. The molecule has 0 spiro atoms. The molecule has 1 heterocycles. The Morgan fingerprint density at radius 2 is 2.00 bits per heavy atom. The van der Waals surface area contributed by atoms with Gasteiger partial charge in [0.15, 0.2) is 0 Å². The number of aliphatic hydroxyl groups excluding tert-OH is 1. The highest BCUT2D eigenvalue weighted by Gasteiger charge is 2.25. The maximum Gasteiger partial charge on any atom is 0.269 e. The maximum absolute atomic E-state index is 12.2. The zero-order valence-corrected chi connectivity index (χ0v) is 13.6. The molecule has 6 nitrogen and oxygen atoms in total. The largest absolute Gasteiger partial charge is 0.396 e. The van der Waals surface area contributed by atoms with Crippen molar-refractivity contribution in [2.75, 3.05) is 13.2 Å². The van der Waals surface area contributed by atoms with Crippen LogP contribution in [0, 0.1) is 5.41 Å². The molecule has 1 aromatic heterocycles. The Balaban J connectivity index is 2.15. The number of aliphatic hydroxyl groups is 1. The van der Waals surface area contributed by atoms with Crippen molar-refractivity contribution < 1.29 is 9.90 Å². The molecule has 0 aliphatic rings. The van der Waals surface area contributed by atoms with Crippen molar-refractivity contribution in [1.29, 1.82) is 0 Å². The number of benzene rings is 1. The third-order valence-electron chi connectivity index (χ3n) is 4.55. The van der Waals surface area contributed by atoms with Gasteiger partial charge in [-0.3, -0.25) is 14.2 Å². The number of hydrogen-bond donors (Lipinski definition) is 2. The Morgan fingerprint density at radius 3 is 2.65 bits per heavy atom. The monoisotopic (exact) mass is 317 g/mol. The van der Waals surface area contributed by atoms with E-state index in [1.807, 2.05) is 26.0 Å². The fraction of sp³-hybridized carbons (Fsp3) is 0.471. The van der Waals surface area contributed by atoms with Crippen LogP contribution >= 0.6 is 0 Å². The minimum atomic E-state index is -0.307. The number of nitrogens with one attached hydrogen (secondary N) is 1. The van der Waals surface area contributed by atoms with Crippen molar-refractivity contribution in [1.82, 2.24) is 14.9 Å². The number of carbonyl (C=O) groups is 1. The van der Waals surface area contributed by atoms with E-state index < -0.39 is 0 Å². The number of para-hydroxylation sites is 2. The number of nitrogens with zero attached hydrogens (tertiary/aromatic N) is 2. The fourth-order valence-corrected chi connectivity index (χ4v) is 2.54. The first-order valence-electron chi connectivity index (χ1n) is 7.87. The van der Waals surface area contributed by atoms with Crippen LogP contribution in [0.4, 0.5) is 0 Å². The van der Waals surface area contributed by atoms with Crippen molar-refractivity contribution in [3.8, 4) is 0 Å². The van der Waals surface area contributed by atoms with Crippen LogP contribution in [-0.2, 0) is 11.3 Å². The summed E-state index contributed by atoms with van der Waals surface area (Å²) in [5.74, 6) is -0.247. The third-order valence-corrected chi connectivity index (χ3v) is 4.55. The summed E-state index contributed by atoms with van der Waals surface area (Å²) in [6.45, 7) is 4.35. The summed E-state index contributed by atoms with van der Waals surface area (Å²) in [6.07, 6.45) is 2.78. The van der Waals surface area contributed by atoms with Gasteiger partial charge in [0.25, 0.3) is 5.56 Å². The molecule has 2 aromatic rings. The lowest BCUT2D eigenvalue weighted by atomic mass is 9.83. The lowest BCUT2D eigenvalue weighted by Crippen LogP contribution is -2.41. The molecule has 0 atom stereocenters. The van der Waals surface area contributed by atoms with Gasteiger partial charge in [0.05, 0.1) is 23.8 Å². The predicted octanol–water partition coefficient (Wildman–Crippen LogP) is 1.31. The molecule has 1 amide bonds. The van der Waals surface area contributed by atoms with Gasteiger partial charge >= 0.3 is 0 Å². The van der Waals surface area contributed by atoms with Crippen LogP contribution in [0.5, 0.6) is 0 Å². The second kappa shape index (κ2) is 7.37. The summed E-state index contributed by atoms with van der Waals surface area (Å²) in [6, 6.07) is 7.21. The molecule has 0 saturated carbocycles. The molecular weight excluding hydrogens is 294 g/mol. The maximum atomic E-state index is 12.2. The normalized spacial score (nSPS) is 11.6. The van der Waals surface area contributed by atoms with Gasteiger partial charge in [-0.25, -0.2) is 4.98 Å². The van der Waals surface area contributed by atoms with Gasteiger partial charge in [-0.15, -0.1) is 0 Å². The molecule has 2 rings (SSSR count). The van der Waals surface area contributed by atoms with E-state index in [1.54, 1.807) is 12.1 Å². The first-order chi connectivity index (χ1) is 11.0. The summed E-state index contributed by atoms with van der Waals surface area (Å²) >= 11 is 0. The number of hydrogen-bond acceptors (Lipinski definition) is 4. The van der Waals surface area contributed by atoms with Crippen LogP contribution in [-0.4, -0.2) is 33.7 Å². The molecule has 0 aliphatic heterocycles. The topological polar surface area (TPSA) is 84.2 Å². The Morgan fingerprint density at radius 1 is 1.30 bits per heavy atom. The van der Waals surface area contributed by atoms with Crippen molar-refractivity contribution in [3.05, 3.63) is 40.8 Å². The molecule has 2 N–H and O–H groups in total. The van der Waals surface area contributed by atoms with Gasteiger partial charge in [0, 0.05) is 12.0 Å². The molecular formula is C17H23N3O3. The number of fused-ring (bicyclic) bond motifs is 1. The van der Waals surface area contributed by atoms with Gasteiger partial charge in [0.2, 0.25) is 5.91 Å². The van der Waals surface area contributed by atoms with Crippen molar-refractivity contribution in [3.63, 3.8) is 0 Å². The van der Waals surface area contributed by atoms with Gasteiger partial charge < -0.3 is 10.4 Å². The molecule has 0 bridgehead atoms. The van der Waals surface area contributed by atoms with Crippen molar-refractivity contribution in [2.24, 2.45) is 5.41 Å². The Kier molecular flexibility index (Phi) is 5.50. The van der Waals surface area contributed by atoms with Crippen LogP contribution in [0.15, 0.2) is 35.3 Å². The summed E-state index contributed by atoms with van der Waals surface area (Å²) in [4.78, 5) is 28.3. The molecule has 23 heavy (non-hydrogen) atoms. The number of amides is 1. The smallest absolute Gasteiger partial charge is 0.269 e. The third kappa shape index (κ3) is 3.76. The molecule has 0 aliphatic carbocycles. The van der Waals surface area contributed by atoms with E-state index in [9.17, 15) is 14.7 Å². The van der Waals surface area contributed by atoms with Crippen LogP contribution in [0.3, 0.4) is 0 Å². The summed E-state index contributed by atoms with van der Waals surface area (Å²) in [7, 11) is 0. The number of aromatic nitrogens is 2. The highest BCUT2D eigenvalue weighted by atomic mass is 16.3. The van der Waals surface area contributed by atoms with Crippen LogP contribution in [0.1, 0.15) is 26.7 Å². The molecule has 124 valence electrons. The first kappa shape index (κ1) is 17.1. The van der Waals surface area contributed by atoms with Gasteiger partial charge in [-0.2, -0.15) is 0 Å². The van der Waals surface area contributed by atoms with E-state index in [2.05, 4.69) is 10.3 Å². The molecule has 0 fully saturated rings. The van der Waals surface area contributed by atoms with E-state index >= 15 is 0 Å². The standard InChI is InChI=1S/C17H23N3O3/c1-3-17(4-2,12-21)11-19-15(22)10-20-14-8-6-5-7-13(14)18-9-16(20)23/h5-9,21H,3-4,10-12H2,1-2H3,(H,19,22). The van der Waals surface area contributed by atoms with Crippen molar-refractivity contribution >= 4 is 16.9 Å². The van der Waals surface area contributed by atoms with Gasteiger partial charge in [0.1, 0.15) is 6.54 Å². The molecule has 6 heteroatoms. The lowest BCUT2D eigenvalue weighted by molar-refractivity contribution is -0.122. The zero-order chi connectivity index (χ0) is 16.9. The SMILES string of the molecule is CCC(CC)(CO)CNC(=O)Cn1c(=O)cnc2ccccc21. The molecule has 0 radical (unpaired) electrons. The predicted molar refractivity (Wildman–Crippen MR) is 89.1 cm³/mol. The van der Waals surface area contributed by atoms with Gasteiger partial charge in [-0.05, 0) is 25.0 Å². The zero-order valence-electron chi connectivity index (χ0n) is 13.6. The van der Waals surface area contributed by atoms with E-state index in [4.69, 9.17) is 0 Å². The van der Waals surface area contributed by atoms with Crippen LogP contribution in [0.2, 0.25) is 0 Å². The minimum Gasteiger partial charge on any atom is -0.396 e. The highest BCUT2D eigenvalue weighted by Crippen LogP contribution is 2.24. The average Bonchev–Trinajstić information content (AvgIpc) is 2.59. The molecule has 0 saturated heterocycles. The molecule has 0 unspecified atom stereocenters. The van der Waals surface area contributed by atoms with E-state index in [0.29, 0.717) is 17.6 Å². The number of rotatable bonds is 7. The quantitative estimate of drug-likeness (QED) is 0.806. The second-order valence-corrected chi connectivity index (χ2v) is 5.81. The second-order valence-electron chi connectivity index (χ2n) is 5.81. The summed E-state index contributed by atoms with van der Waals surface area (Å²) < 4.78 is 1.41. The Labute approximate surface area is 135 Å². The van der Waals surface area contributed by atoms with E-state index in [1.165, 1.54) is 10.8 Å². The van der Waals surface area contributed by atoms with E-state index in [0.717, 1.165) is 12.8 Å². The van der Waals surface area contributed by atoms with Crippen molar-refractivity contribution in [2.45, 2.75) is 33.2 Å². The first-order valence-corrected chi connectivity index (χ1v) is 7.87. The lowest BCUT2D eigenvalue weighted by Gasteiger charge is -2.29. The Hall–Kier alpha value is -2.21. The van der Waals surface area contributed by atoms with E-state index in [-0.39, 0.29) is 30.0 Å². The Bertz CT molecular complexity index is 727.